The number of aromatic nitrogens is 2. The zero-order chi connectivity index (χ0) is 17.6. The Labute approximate surface area is 152 Å². The molecule has 0 aromatic carbocycles. The summed E-state index contributed by atoms with van der Waals surface area (Å²) in [7, 11) is 3.98. The van der Waals surface area contributed by atoms with E-state index in [1.165, 1.54) is 31.4 Å². The van der Waals surface area contributed by atoms with Crippen molar-refractivity contribution >= 4 is 5.82 Å². The molecule has 2 aliphatic rings. The Kier molecular flexibility index (Phi) is 6.62. The molecule has 6 heteroatoms. The first-order chi connectivity index (χ1) is 12.2. The summed E-state index contributed by atoms with van der Waals surface area (Å²) < 4.78 is 5.38. The highest BCUT2D eigenvalue weighted by Gasteiger charge is 2.26. The van der Waals surface area contributed by atoms with E-state index in [9.17, 15) is 0 Å². The SMILES string of the molecule is COCCN(c1cc([C@@H]2CCCNC2)nc(C)n1)C1CCN(C)CC1. The first-order valence-electron chi connectivity index (χ1n) is 9.68. The van der Waals surface area contributed by atoms with Crippen LogP contribution in [-0.4, -0.2) is 74.4 Å². The van der Waals surface area contributed by atoms with E-state index in [1.807, 2.05) is 6.92 Å². The number of nitrogens with one attached hydrogen (secondary N) is 1. The zero-order valence-corrected chi connectivity index (χ0v) is 16.0. The first kappa shape index (κ1) is 18.5. The number of nitrogens with zero attached hydrogens (tertiary/aromatic N) is 4. The molecule has 0 saturated carbocycles. The van der Waals surface area contributed by atoms with Gasteiger partial charge in [-0.15, -0.1) is 0 Å². The van der Waals surface area contributed by atoms with Crippen LogP contribution in [0.5, 0.6) is 0 Å². The van der Waals surface area contributed by atoms with Crippen molar-refractivity contribution in [1.82, 2.24) is 20.2 Å². The Hall–Kier alpha value is -1.24. The predicted octanol–water partition coefficient (Wildman–Crippen LogP) is 1.80. The minimum Gasteiger partial charge on any atom is -0.383 e. The van der Waals surface area contributed by atoms with Crippen molar-refractivity contribution in [2.45, 2.75) is 44.6 Å². The lowest BCUT2D eigenvalue weighted by Gasteiger charge is -2.38. The van der Waals surface area contributed by atoms with Crippen LogP contribution >= 0.6 is 0 Å². The molecule has 1 atom stereocenters. The maximum Gasteiger partial charge on any atom is 0.132 e. The summed E-state index contributed by atoms with van der Waals surface area (Å²) in [4.78, 5) is 14.4. The Morgan fingerprint density at radius 3 is 2.76 bits per heavy atom. The average molecular weight is 348 g/mol. The van der Waals surface area contributed by atoms with Crippen LogP contribution in [0.4, 0.5) is 5.82 Å². The molecular formula is C19H33N5O. The summed E-state index contributed by atoms with van der Waals surface area (Å²) in [5.74, 6) is 2.48. The molecule has 0 amide bonds. The van der Waals surface area contributed by atoms with Crippen LogP contribution in [0.1, 0.15) is 43.1 Å². The van der Waals surface area contributed by atoms with Crippen LogP contribution in [0.15, 0.2) is 6.07 Å². The molecule has 1 aromatic rings. The number of aryl methyl sites for hydroxylation is 1. The highest BCUT2D eigenvalue weighted by molar-refractivity contribution is 5.42. The Morgan fingerprint density at radius 1 is 1.28 bits per heavy atom. The molecule has 3 heterocycles. The Morgan fingerprint density at radius 2 is 2.08 bits per heavy atom. The van der Waals surface area contributed by atoms with Crippen LogP contribution in [0.3, 0.4) is 0 Å². The van der Waals surface area contributed by atoms with Crippen LogP contribution in [0.25, 0.3) is 0 Å². The number of ether oxygens (including phenoxy) is 1. The van der Waals surface area contributed by atoms with E-state index < -0.39 is 0 Å². The van der Waals surface area contributed by atoms with Crippen molar-refractivity contribution in [2.75, 3.05) is 58.4 Å². The predicted molar refractivity (Wildman–Crippen MR) is 101 cm³/mol. The van der Waals surface area contributed by atoms with E-state index in [0.717, 1.165) is 51.0 Å². The van der Waals surface area contributed by atoms with Gasteiger partial charge in [0.05, 0.1) is 12.3 Å². The Balaban J connectivity index is 1.82. The lowest BCUT2D eigenvalue weighted by Crippen LogP contribution is -2.45. The molecule has 140 valence electrons. The molecule has 25 heavy (non-hydrogen) atoms. The van der Waals surface area contributed by atoms with Gasteiger partial charge in [-0.2, -0.15) is 0 Å². The molecular weight excluding hydrogens is 314 g/mol. The van der Waals surface area contributed by atoms with Gasteiger partial charge in [-0.25, -0.2) is 9.97 Å². The lowest BCUT2D eigenvalue weighted by atomic mass is 9.95. The Bertz CT molecular complexity index is 539. The van der Waals surface area contributed by atoms with Crippen molar-refractivity contribution in [2.24, 2.45) is 0 Å². The number of hydrogen-bond acceptors (Lipinski definition) is 6. The summed E-state index contributed by atoms with van der Waals surface area (Å²) in [6, 6.07) is 2.77. The molecule has 1 aromatic heterocycles. The molecule has 1 N–H and O–H groups in total. The maximum absolute atomic E-state index is 5.38. The number of anilines is 1. The summed E-state index contributed by atoms with van der Waals surface area (Å²) in [6.45, 7) is 8.10. The van der Waals surface area contributed by atoms with Gasteiger partial charge in [-0.05, 0) is 59.3 Å². The fraction of sp³-hybridized carbons (Fsp3) is 0.789. The van der Waals surface area contributed by atoms with Crippen molar-refractivity contribution in [3.63, 3.8) is 0 Å². The molecule has 0 bridgehead atoms. The number of piperidine rings is 2. The van der Waals surface area contributed by atoms with Gasteiger partial charge in [0.15, 0.2) is 0 Å². The lowest BCUT2D eigenvalue weighted by molar-refractivity contribution is 0.194. The standard InChI is InChI=1S/C19H33N5O/c1-15-21-18(16-5-4-8-20-14-16)13-19(22-15)24(11-12-25-3)17-6-9-23(2)10-7-17/h13,16-17,20H,4-12,14H2,1-3H3/t16-/m1/s1. The third-order valence-electron chi connectivity index (χ3n) is 5.52. The van der Waals surface area contributed by atoms with Gasteiger partial charge < -0.3 is 19.9 Å². The van der Waals surface area contributed by atoms with E-state index in [2.05, 4.69) is 28.2 Å². The fourth-order valence-electron chi connectivity index (χ4n) is 4.02. The van der Waals surface area contributed by atoms with E-state index in [4.69, 9.17) is 14.7 Å². The summed E-state index contributed by atoms with van der Waals surface area (Å²) in [6.07, 6.45) is 4.81. The summed E-state index contributed by atoms with van der Waals surface area (Å²) in [5.41, 5.74) is 1.20. The second-order valence-electron chi connectivity index (χ2n) is 7.46. The molecule has 6 nitrogen and oxygen atoms in total. The number of rotatable bonds is 6. The van der Waals surface area contributed by atoms with Crippen LogP contribution in [0, 0.1) is 6.92 Å². The highest BCUT2D eigenvalue weighted by atomic mass is 16.5. The monoisotopic (exact) mass is 347 g/mol. The first-order valence-corrected chi connectivity index (χ1v) is 9.68. The maximum atomic E-state index is 5.38. The van der Waals surface area contributed by atoms with Crippen molar-refractivity contribution in [3.05, 3.63) is 17.6 Å². The molecule has 0 radical (unpaired) electrons. The second kappa shape index (κ2) is 8.92. The van der Waals surface area contributed by atoms with E-state index in [0.29, 0.717) is 12.0 Å². The quantitative estimate of drug-likeness (QED) is 0.847. The molecule has 0 spiro atoms. The second-order valence-corrected chi connectivity index (χ2v) is 7.46. The summed E-state index contributed by atoms with van der Waals surface area (Å²) >= 11 is 0. The van der Waals surface area contributed by atoms with Gasteiger partial charge in [0.1, 0.15) is 11.6 Å². The summed E-state index contributed by atoms with van der Waals surface area (Å²) in [5, 5.41) is 3.50. The van der Waals surface area contributed by atoms with E-state index in [1.54, 1.807) is 7.11 Å². The van der Waals surface area contributed by atoms with Gasteiger partial charge in [0.25, 0.3) is 0 Å². The van der Waals surface area contributed by atoms with Crippen molar-refractivity contribution in [1.29, 1.82) is 0 Å². The number of hydrogen-bond donors (Lipinski definition) is 1. The molecule has 2 saturated heterocycles. The van der Waals surface area contributed by atoms with Gasteiger partial charge in [-0.1, -0.05) is 0 Å². The number of likely N-dealkylation sites (tertiary alicyclic amines) is 1. The fourth-order valence-corrected chi connectivity index (χ4v) is 4.02. The van der Waals surface area contributed by atoms with E-state index in [-0.39, 0.29) is 0 Å². The minimum absolute atomic E-state index is 0.510. The smallest absolute Gasteiger partial charge is 0.132 e. The molecule has 2 fully saturated rings. The highest BCUT2D eigenvalue weighted by Crippen LogP contribution is 2.27. The largest absolute Gasteiger partial charge is 0.383 e. The van der Waals surface area contributed by atoms with Gasteiger partial charge in [0, 0.05) is 38.2 Å². The van der Waals surface area contributed by atoms with Crippen molar-refractivity contribution < 1.29 is 4.74 Å². The van der Waals surface area contributed by atoms with Crippen LogP contribution in [0.2, 0.25) is 0 Å². The normalized spacial score (nSPS) is 22.9. The van der Waals surface area contributed by atoms with Gasteiger partial charge in [-0.3, -0.25) is 0 Å². The van der Waals surface area contributed by atoms with Crippen LogP contribution < -0.4 is 10.2 Å². The topological polar surface area (TPSA) is 53.5 Å². The van der Waals surface area contributed by atoms with Gasteiger partial charge in [0.2, 0.25) is 0 Å². The minimum atomic E-state index is 0.510. The average Bonchev–Trinajstić information content (AvgIpc) is 2.64. The van der Waals surface area contributed by atoms with Gasteiger partial charge >= 0.3 is 0 Å². The zero-order valence-electron chi connectivity index (χ0n) is 16.0. The molecule has 2 aliphatic heterocycles. The van der Waals surface area contributed by atoms with E-state index >= 15 is 0 Å². The third kappa shape index (κ3) is 4.90. The van der Waals surface area contributed by atoms with Crippen LogP contribution in [-0.2, 0) is 4.74 Å². The molecule has 0 aliphatic carbocycles. The molecule has 3 rings (SSSR count). The molecule has 0 unspecified atom stereocenters. The number of methoxy groups -OCH3 is 1. The van der Waals surface area contributed by atoms with Crippen molar-refractivity contribution in [3.8, 4) is 0 Å². The third-order valence-corrected chi connectivity index (χ3v) is 5.52.